The first kappa shape index (κ1) is 12.1. The third-order valence-electron chi connectivity index (χ3n) is 2.68. The van der Waals surface area contributed by atoms with E-state index in [1.807, 2.05) is 6.92 Å². The number of hydrogen-bond donors (Lipinski definition) is 4. The Bertz CT molecular complexity index is 517. The van der Waals surface area contributed by atoms with Crippen LogP contribution < -0.4 is 5.32 Å². The first-order chi connectivity index (χ1) is 8.54. The molecule has 0 bridgehead atoms. The van der Waals surface area contributed by atoms with Crippen molar-refractivity contribution in [3.8, 4) is 17.2 Å². The van der Waals surface area contributed by atoms with Gasteiger partial charge in [0.15, 0.2) is 0 Å². The van der Waals surface area contributed by atoms with E-state index in [2.05, 4.69) is 5.32 Å². The molecule has 2 aromatic rings. The number of phenolic OH excluding ortho intramolecular Hbond substituents is 3. The molecular weight excluding hydrogens is 230 g/mol. The van der Waals surface area contributed by atoms with Gasteiger partial charge in [-0.05, 0) is 48.9 Å². The van der Waals surface area contributed by atoms with Crippen molar-refractivity contribution in [1.29, 1.82) is 0 Å². The van der Waals surface area contributed by atoms with Crippen molar-refractivity contribution in [2.45, 2.75) is 13.0 Å². The normalized spacial score (nSPS) is 12.1. The second kappa shape index (κ2) is 4.87. The second-order valence-corrected chi connectivity index (χ2v) is 4.20. The highest BCUT2D eigenvalue weighted by molar-refractivity contribution is 5.49. The van der Waals surface area contributed by atoms with Crippen LogP contribution in [0.15, 0.2) is 42.5 Å². The number of hydrogen-bond acceptors (Lipinski definition) is 4. The van der Waals surface area contributed by atoms with Crippen molar-refractivity contribution in [3.63, 3.8) is 0 Å². The van der Waals surface area contributed by atoms with Gasteiger partial charge in [-0.3, -0.25) is 0 Å². The Hall–Kier alpha value is -2.36. The molecule has 94 valence electrons. The highest BCUT2D eigenvalue weighted by atomic mass is 16.3. The zero-order valence-corrected chi connectivity index (χ0v) is 9.96. The van der Waals surface area contributed by atoms with Crippen molar-refractivity contribution >= 4 is 5.69 Å². The smallest absolute Gasteiger partial charge is 0.119 e. The molecule has 18 heavy (non-hydrogen) atoms. The topological polar surface area (TPSA) is 72.7 Å². The molecule has 0 aromatic heterocycles. The van der Waals surface area contributed by atoms with Gasteiger partial charge in [0.05, 0.1) is 0 Å². The Labute approximate surface area is 105 Å². The van der Waals surface area contributed by atoms with Gasteiger partial charge in [0.1, 0.15) is 17.2 Å². The van der Waals surface area contributed by atoms with Crippen molar-refractivity contribution in [3.05, 3.63) is 48.0 Å². The van der Waals surface area contributed by atoms with Crippen LogP contribution in [0.3, 0.4) is 0 Å². The molecule has 0 aliphatic heterocycles. The minimum Gasteiger partial charge on any atom is -0.508 e. The SMILES string of the molecule is CC(Nc1ccc(O)cc1)c1cc(O)cc(O)c1. The maximum Gasteiger partial charge on any atom is 0.119 e. The first-order valence-corrected chi connectivity index (χ1v) is 5.63. The molecule has 1 atom stereocenters. The molecular formula is C14H15NO3. The van der Waals surface area contributed by atoms with Crippen molar-refractivity contribution < 1.29 is 15.3 Å². The zero-order valence-electron chi connectivity index (χ0n) is 9.96. The maximum atomic E-state index is 9.42. The lowest BCUT2D eigenvalue weighted by molar-refractivity contribution is 0.448. The lowest BCUT2D eigenvalue weighted by atomic mass is 10.1. The van der Waals surface area contributed by atoms with Crippen LogP contribution in [-0.2, 0) is 0 Å². The number of rotatable bonds is 3. The molecule has 0 spiro atoms. The summed E-state index contributed by atoms with van der Waals surface area (Å²) in [4.78, 5) is 0. The van der Waals surface area contributed by atoms with Gasteiger partial charge in [0.25, 0.3) is 0 Å². The second-order valence-electron chi connectivity index (χ2n) is 4.20. The summed E-state index contributed by atoms with van der Waals surface area (Å²) < 4.78 is 0. The largest absolute Gasteiger partial charge is 0.508 e. The molecule has 0 fully saturated rings. The van der Waals surface area contributed by atoms with Gasteiger partial charge in [-0.1, -0.05) is 0 Å². The van der Waals surface area contributed by atoms with Crippen LogP contribution >= 0.6 is 0 Å². The molecule has 4 N–H and O–H groups in total. The van der Waals surface area contributed by atoms with Crippen LogP contribution in [0.5, 0.6) is 17.2 Å². The summed E-state index contributed by atoms with van der Waals surface area (Å²) in [5.74, 6) is 0.275. The lowest BCUT2D eigenvalue weighted by Gasteiger charge is -2.16. The van der Waals surface area contributed by atoms with E-state index in [-0.39, 0.29) is 23.3 Å². The van der Waals surface area contributed by atoms with Gasteiger partial charge >= 0.3 is 0 Å². The Morgan fingerprint density at radius 2 is 1.39 bits per heavy atom. The van der Waals surface area contributed by atoms with Gasteiger partial charge in [0, 0.05) is 17.8 Å². The Morgan fingerprint density at radius 3 is 1.94 bits per heavy atom. The van der Waals surface area contributed by atoms with Crippen LogP contribution in [-0.4, -0.2) is 15.3 Å². The number of benzene rings is 2. The van der Waals surface area contributed by atoms with E-state index in [0.717, 1.165) is 11.3 Å². The predicted octanol–water partition coefficient (Wildman–Crippen LogP) is 2.98. The van der Waals surface area contributed by atoms with Gasteiger partial charge in [-0.2, -0.15) is 0 Å². The summed E-state index contributed by atoms with van der Waals surface area (Å²) in [6, 6.07) is 11.1. The minimum atomic E-state index is -0.0763. The minimum absolute atomic E-state index is 0.0318. The van der Waals surface area contributed by atoms with E-state index in [1.54, 1.807) is 36.4 Å². The summed E-state index contributed by atoms with van der Waals surface area (Å²) in [7, 11) is 0. The van der Waals surface area contributed by atoms with Crippen LogP contribution in [0.2, 0.25) is 0 Å². The fourth-order valence-electron chi connectivity index (χ4n) is 1.76. The summed E-state index contributed by atoms with van der Waals surface area (Å²) in [5.41, 5.74) is 1.63. The third-order valence-corrected chi connectivity index (χ3v) is 2.68. The van der Waals surface area contributed by atoms with Crippen LogP contribution in [0.25, 0.3) is 0 Å². The molecule has 0 aliphatic rings. The number of aromatic hydroxyl groups is 3. The summed E-state index contributed by atoms with van der Waals surface area (Å²) >= 11 is 0. The van der Waals surface area contributed by atoms with E-state index >= 15 is 0 Å². The van der Waals surface area contributed by atoms with Crippen LogP contribution in [0, 0.1) is 0 Å². The molecule has 0 saturated heterocycles. The van der Waals surface area contributed by atoms with Crippen molar-refractivity contribution in [2.24, 2.45) is 0 Å². The van der Waals surface area contributed by atoms with E-state index in [0.29, 0.717) is 0 Å². The molecule has 0 heterocycles. The molecule has 2 rings (SSSR count). The van der Waals surface area contributed by atoms with Crippen molar-refractivity contribution in [1.82, 2.24) is 0 Å². The van der Waals surface area contributed by atoms with Crippen LogP contribution in [0.1, 0.15) is 18.5 Å². The van der Waals surface area contributed by atoms with Gasteiger partial charge < -0.3 is 20.6 Å². The fourth-order valence-corrected chi connectivity index (χ4v) is 1.76. The zero-order chi connectivity index (χ0) is 13.1. The standard InChI is InChI=1S/C14H15NO3/c1-9(10-6-13(17)8-14(18)7-10)15-11-2-4-12(16)5-3-11/h2-9,15-18H,1H3. The Balaban J connectivity index is 2.16. The third kappa shape index (κ3) is 2.85. The number of phenols is 3. The highest BCUT2D eigenvalue weighted by Gasteiger charge is 2.08. The average molecular weight is 245 g/mol. The Kier molecular flexibility index (Phi) is 3.28. The van der Waals surface area contributed by atoms with Crippen LogP contribution in [0.4, 0.5) is 5.69 Å². The molecule has 0 radical (unpaired) electrons. The summed E-state index contributed by atoms with van der Waals surface area (Å²) in [6.45, 7) is 1.92. The van der Waals surface area contributed by atoms with E-state index < -0.39 is 0 Å². The lowest BCUT2D eigenvalue weighted by Crippen LogP contribution is -2.06. The van der Waals surface area contributed by atoms with E-state index in [1.165, 1.54) is 6.07 Å². The van der Waals surface area contributed by atoms with Crippen molar-refractivity contribution in [2.75, 3.05) is 5.32 Å². The van der Waals surface area contributed by atoms with Gasteiger partial charge in [-0.15, -0.1) is 0 Å². The van der Waals surface area contributed by atoms with E-state index in [9.17, 15) is 15.3 Å². The van der Waals surface area contributed by atoms with E-state index in [4.69, 9.17) is 0 Å². The molecule has 2 aromatic carbocycles. The Morgan fingerprint density at radius 1 is 0.833 bits per heavy atom. The molecule has 0 saturated carbocycles. The number of nitrogens with one attached hydrogen (secondary N) is 1. The molecule has 0 aliphatic carbocycles. The maximum absolute atomic E-state index is 9.42. The monoisotopic (exact) mass is 245 g/mol. The highest BCUT2D eigenvalue weighted by Crippen LogP contribution is 2.27. The summed E-state index contributed by atoms with van der Waals surface area (Å²) in [6.07, 6.45) is 0. The molecule has 0 amide bonds. The summed E-state index contributed by atoms with van der Waals surface area (Å²) in [5, 5.41) is 31.2. The number of anilines is 1. The van der Waals surface area contributed by atoms with Gasteiger partial charge in [0.2, 0.25) is 0 Å². The first-order valence-electron chi connectivity index (χ1n) is 5.63. The molecule has 1 unspecified atom stereocenters. The molecule has 4 heteroatoms. The fraction of sp³-hybridized carbons (Fsp3) is 0.143. The van der Waals surface area contributed by atoms with Gasteiger partial charge in [-0.25, -0.2) is 0 Å². The predicted molar refractivity (Wildman–Crippen MR) is 69.9 cm³/mol. The average Bonchev–Trinajstić information content (AvgIpc) is 2.31. The quantitative estimate of drug-likeness (QED) is 0.627. The molecule has 4 nitrogen and oxygen atoms in total.